The van der Waals surface area contributed by atoms with Crippen LogP contribution < -0.4 is 5.32 Å². The first-order valence-corrected chi connectivity index (χ1v) is 8.16. The number of fused-ring (bicyclic) bond motifs is 1. The summed E-state index contributed by atoms with van der Waals surface area (Å²) in [7, 11) is 0. The van der Waals surface area contributed by atoms with Crippen molar-refractivity contribution >= 4 is 34.7 Å². The Bertz CT molecular complexity index is 674. The summed E-state index contributed by atoms with van der Waals surface area (Å²) in [6.45, 7) is 1.32. The first-order chi connectivity index (χ1) is 10.3. The zero-order valence-corrected chi connectivity index (χ0v) is 12.8. The highest BCUT2D eigenvalue weighted by Crippen LogP contribution is 2.35. The molecule has 4 rings (SSSR count). The van der Waals surface area contributed by atoms with Gasteiger partial charge in [0.25, 0.3) is 0 Å². The second-order valence-electron chi connectivity index (χ2n) is 5.00. The van der Waals surface area contributed by atoms with Crippen molar-refractivity contribution in [3.63, 3.8) is 0 Å². The molecule has 2 aliphatic heterocycles. The van der Waals surface area contributed by atoms with E-state index in [1.807, 2.05) is 12.1 Å². The van der Waals surface area contributed by atoms with E-state index in [0.29, 0.717) is 13.2 Å². The Morgan fingerprint density at radius 1 is 1.10 bits per heavy atom. The molecular formula is C16H14ClNO2S. The zero-order valence-electron chi connectivity index (χ0n) is 11.2. The van der Waals surface area contributed by atoms with E-state index in [-0.39, 0.29) is 11.8 Å². The molecule has 108 valence electrons. The fourth-order valence-corrected chi connectivity index (χ4v) is 3.82. The van der Waals surface area contributed by atoms with Crippen molar-refractivity contribution in [2.24, 2.45) is 0 Å². The minimum atomic E-state index is -0.225. The molecule has 0 aliphatic carbocycles. The van der Waals surface area contributed by atoms with Gasteiger partial charge in [0, 0.05) is 21.7 Å². The maximum absolute atomic E-state index is 6.38. The Morgan fingerprint density at radius 2 is 1.86 bits per heavy atom. The van der Waals surface area contributed by atoms with Gasteiger partial charge >= 0.3 is 0 Å². The van der Waals surface area contributed by atoms with Crippen LogP contribution >= 0.6 is 22.9 Å². The minimum Gasteiger partial charge on any atom is -0.365 e. The van der Waals surface area contributed by atoms with Gasteiger partial charge in [-0.1, -0.05) is 35.9 Å². The van der Waals surface area contributed by atoms with E-state index in [9.17, 15) is 0 Å². The molecule has 1 unspecified atom stereocenters. The third-order valence-corrected chi connectivity index (χ3v) is 4.90. The molecule has 1 saturated heterocycles. The van der Waals surface area contributed by atoms with Gasteiger partial charge < -0.3 is 14.8 Å². The van der Waals surface area contributed by atoms with Crippen LogP contribution in [0.15, 0.2) is 35.7 Å². The lowest BCUT2D eigenvalue weighted by Crippen LogP contribution is -2.18. The van der Waals surface area contributed by atoms with Crippen molar-refractivity contribution in [3.8, 4) is 0 Å². The molecule has 5 heteroatoms. The summed E-state index contributed by atoms with van der Waals surface area (Å²) in [5.41, 5.74) is 4.18. The average molecular weight is 320 g/mol. The molecule has 2 aromatic rings. The molecule has 1 N–H and O–H groups in total. The molecule has 1 aromatic heterocycles. The second kappa shape index (κ2) is 5.46. The number of rotatable bonds is 2. The molecule has 0 spiro atoms. The average Bonchev–Trinajstić information content (AvgIpc) is 3.19. The Balaban J connectivity index is 1.62. The lowest BCUT2D eigenvalue weighted by Gasteiger charge is -2.21. The van der Waals surface area contributed by atoms with Gasteiger partial charge in [-0.3, -0.25) is 0 Å². The molecular weight excluding hydrogens is 306 g/mol. The quantitative estimate of drug-likeness (QED) is 0.667. The highest BCUT2D eigenvalue weighted by molar-refractivity contribution is 7.11. The van der Waals surface area contributed by atoms with Gasteiger partial charge in [-0.25, -0.2) is 0 Å². The van der Waals surface area contributed by atoms with Gasteiger partial charge in [-0.2, -0.15) is 0 Å². The van der Waals surface area contributed by atoms with Crippen LogP contribution in [0.3, 0.4) is 0 Å². The van der Waals surface area contributed by atoms with Gasteiger partial charge in [0.05, 0.1) is 13.2 Å². The number of halogens is 1. The van der Waals surface area contributed by atoms with E-state index in [0.717, 1.165) is 22.4 Å². The molecule has 3 nitrogen and oxygen atoms in total. The van der Waals surface area contributed by atoms with E-state index in [1.54, 1.807) is 11.3 Å². The molecule has 2 aliphatic rings. The third-order valence-electron chi connectivity index (χ3n) is 3.67. The predicted molar refractivity (Wildman–Crippen MR) is 85.0 cm³/mol. The van der Waals surface area contributed by atoms with Crippen LogP contribution in [0.5, 0.6) is 0 Å². The number of hydrogen-bond acceptors (Lipinski definition) is 4. The summed E-state index contributed by atoms with van der Waals surface area (Å²) >= 11 is 8.09. The topological polar surface area (TPSA) is 30.5 Å². The van der Waals surface area contributed by atoms with E-state index in [4.69, 9.17) is 21.1 Å². The number of nitrogens with one attached hydrogen (secondary N) is 1. The van der Waals surface area contributed by atoms with E-state index >= 15 is 0 Å². The highest BCUT2D eigenvalue weighted by atomic mass is 35.5. The van der Waals surface area contributed by atoms with Crippen LogP contribution in [-0.4, -0.2) is 13.2 Å². The monoisotopic (exact) mass is 319 g/mol. The number of alkyl halides is 1. The number of thiophene rings is 1. The molecule has 1 aromatic carbocycles. The van der Waals surface area contributed by atoms with E-state index in [2.05, 4.69) is 35.0 Å². The van der Waals surface area contributed by atoms with Crippen LogP contribution in [0, 0.1) is 0 Å². The van der Waals surface area contributed by atoms with Crippen molar-refractivity contribution in [1.29, 1.82) is 0 Å². The summed E-state index contributed by atoms with van der Waals surface area (Å²) in [5.74, 6) is 0. The third kappa shape index (κ3) is 2.49. The van der Waals surface area contributed by atoms with Crippen LogP contribution in [0.4, 0.5) is 0 Å². The summed E-state index contributed by atoms with van der Waals surface area (Å²) in [5, 5.41) is 5.40. The van der Waals surface area contributed by atoms with Crippen molar-refractivity contribution in [2.75, 3.05) is 13.2 Å². The number of ether oxygens (including phenoxy) is 2. The van der Waals surface area contributed by atoms with Crippen molar-refractivity contribution in [3.05, 3.63) is 57.3 Å². The maximum atomic E-state index is 6.38. The number of hydrogen-bond donors (Lipinski definition) is 1. The fraction of sp³-hybridized carbons (Fsp3) is 0.250. The first kappa shape index (κ1) is 13.3. The maximum Gasteiger partial charge on any atom is 0.184 e. The Kier molecular flexibility index (Phi) is 3.47. The molecule has 0 bridgehead atoms. The van der Waals surface area contributed by atoms with Crippen LogP contribution in [0.1, 0.15) is 33.4 Å². The SMILES string of the molecule is ClC1NC(c2ccc(C3OCCO3)cc2)=Cc2sccc21. The Morgan fingerprint density at radius 3 is 2.62 bits per heavy atom. The number of benzene rings is 1. The minimum absolute atomic E-state index is 0.174. The van der Waals surface area contributed by atoms with Crippen molar-refractivity contribution in [1.82, 2.24) is 5.32 Å². The first-order valence-electron chi connectivity index (χ1n) is 6.84. The van der Waals surface area contributed by atoms with Crippen LogP contribution in [-0.2, 0) is 9.47 Å². The standard InChI is InChI=1S/C16H14ClNO2S/c17-15-12-5-8-21-14(12)9-13(18-15)10-1-3-11(4-2-10)16-19-6-7-20-16/h1-5,8-9,15-16,18H,6-7H2. The summed E-state index contributed by atoms with van der Waals surface area (Å²) in [6, 6.07) is 10.3. The highest BCUT2D eigenvalue weighted by Gasteiger charge is 2.21. The molecule has 0 saturated carbocycles. The largest absolute Gasteiger partial charge is 0.365 e. The normalized spacial score (nSPS) is 21.8. The molecule has 3 heterocycles. The summed E-state index contributed by atoms with van der Waals surface area (Å²) < 4.78 is 11.0. The van der Waals surface area contributed by atoms with Gasteiger partial charge in [-0.15, -0.1) is 11.3 Å². The molecule has 0 amide bonds. The van der Waals surface area contributed by atoms with Crippen LogP contribution in [0.2, 0.25) is 0 Å². The molecule has 1 fully saturated rings. The second-order valence-corrected chi connectivity index (χ2v) is 6.38. The Labute approximate surface area is 132 Å². The van der Waals surface area contributed by atoms with Gasteiger partial charge in [0.2, 0.25) is 0 Å². The fourth-order valence-electron chi connectivity index (χ4n) is 2.58. The van der Waals surface area contributed by atoms with E-state index in [1.165, 1.54) is 4.88 Å². The lowest BCUT2D eigenvalue weighted by molar-refractivity contribution is -0.0441. The van der Waals surface area contributed by atoms with Gasteiger partial charge in [0.15, 0.2) is 6.29 Å². The molecule has 21 heavy (non-hydrogen) atoms. The summed E-state index contributed by atoms with van der Waals surface area (Å²) in [4.78, 5) is 1.22. The Hall–Kier alpha value is -1.33. The van der Waals surface area contributed by atoms with Crippen LogP contribution in [0.25, 0.3) is 11.8 Å². The summed E-state index contributed by atoms with van der Waals surface area (Å²) in [6.07, 6.45) is 1.92. The van der Waals surface area contributed by atoms with Crippen molar-refractivity contribution < 1.29 is 9.47 Å². The molecule has 0 radical (unpaired) electrons. The van der Waals surface area contributed by atoms with Gasteiger partial charge in [-0.05, 0) is 23.1 Å². The molecule has 1 atom stereocenters. The zero-order chi connectivity index (χ0) is 14.2. The predicted octanol–water partition coefficient (Wildman–Crippen LogP) is 4.13. The van der Waals surface area contributed by atoms with E-state index < -0.39 is 0 Å². The van der Waals surface area contributed by atoms with Crippen molar-refractivity contribution in [2.45, 2.75) is 11.8 Å². The smallest absolute Gasteiger partial charge is 0.184 e. The lowest BCUT2D eigenvalue weighted by atomic mass is 10.0. The van der Waals surface area contributed by atoms with Gasteiger partial charge in [0.1, 0.15) is 5.50 Å².